The zero-order valence-electron chi connectivity index (χ0n) is 27.7. The smallest absolute Gasteiger partial charge is 0.312 e. The van der Waals surface area contributed by atoms with Gasteiger partial charge in [0.1, 0.15) is 6.61 Å². The molecular formula is C39H54O4. The van der Waals surface area contributed by atoms with Gasteiger partial charge in [-0.2, -0.15) is 0 Å². The summed E-state index contributed by atoms with van der Waals surface area (Å²) in [5, 5.41) is 11.0. The average molecular weight is 587 g/mol. The van der Waals surface area contributed by atoms with Gasteiger partial charge >= 0.3 is 5.97 Å². The van der Waals surface area contributed by atoms with E-state index < -0.39 is 5.41 Å². The molecule has 0 aromatic heterocycles. The topological polar surface area (TPSA) is 63.6 Å². The van der Waals surface area contributed by atoms with Crippen molar-refractivity contribution in [3.8, 4) is 0 Å². The number of fused-ring (bicyclic) bond motifs is 7. The van der Waals surface area contributed by atoms with Gasteiger partial charge in [-0.15, -0.1) is 0 Å². The number of carbonyl (C=O) groups is 2. The summed E-state index contributed by atoms with van der Waals surface area (Å²) in [6, 6.07) is 10.1. The fraction of sp³-hybridized carbons (Fsp3) is 0.692. The van der Waals surface area contributed by atoms with E-state index in [4.69, 9.17) is 4.74 Å². The minimum atomic E-state index is -0.558. The number of ketones is 1. The molecule has 1 aromatic rings. The maximum absolute atomic E-state index is 14.5. The Kier molecular flexibility index (Phi) is 7.28. The zero-order valence-corrected chi connectivity index (χ0v) is 27.7. The van der Waals surface area contributed by atoms with E-state index in [0.29, 0.717) is 11.7 Å². The fourth-order valence-electron chi connectivity index (χ4n) is 11.4. The molecule has 6 rings (SSSR count). The third-order valence-electron chi connectivity index (χ3n) is 14.5. The monoisotopic (exact) mass is 586 g/mol. The molecule has 5 aliphatic rings. The van der Waals surface area contributed by atoms with Crippen molar-refractivity contribution < 1.29 is 19.4 Å². The van der Waals surface area contributed by atoms with Crippen molar-refractivity contribution in [2.75, 3.05) is 6.61 Å². The van der Waals surface area contributed by atoms with Gasteiger partial charge in [0.25, 0.3) is 0 Å². The number of allylic oxidation sites excluding steroid dienone is 2. The van der Waals surface area contributed by atoms with Crippen molar-refractivity contribution in [2.45, 2.75) is 112 Å². The summed E-state index contributed by atoms with van der Waals surface area (Å²) in [6.07, 6.45) is 14.3. The lowest BCUT2D eigenvalue weighted by molar-refractivity contribution is -0.202. The van der Waals surface area contributed by atoms with Crippen LogP contribution in [0.1, 0.15) is 112 Å². The van der Waals surface area contributed by atoms with E-state index in [-0.39, 0.29) is 57.6 Å². The van der Waals surface area contributed by atoms with Gasteiger partial charge in [-0.1, -0.05) is 83.5 Å². The first kappa shape index (κ1) is 30.8. The first-order valence-electron chi connectivity index (χ1n) is 16.9. The first-order valence-corrected chi connectivity index (χ1v) is 16.9. The number of hydrogen-bond donors (Lipinski definition) is 1. The lowest BCUT2D eigenvalue weighted by atomic mass is 9.33. The molecule has 0 radical (unpaired) electrons. The number of rotatable bonds is 4. The summed E-state index contributed by atoms with van der Waals surface area (Å²) < 4.78 is 5.87. The molecule has 0 spiro atoms. The highest BCUT2D eigenvalue weighted by Crippen LogP contribution is 2.75. The van der Waals surface area contributed by atoms with Crippen LogP contribution in [0.2, 0.25) is 0 Å². The van der Waals surface area contributed by atoms with Crippen molar-refractivity contribution in [2.24, 2.45) is 50.2 Å². The lowest BCUT2D eigenvalue weighted by Gasteiger charge is -2.70. The second kappa shape index (κ2) is 10.2. The predicted octanol–water partition coefficient (Wildman–Crippen LogP) is 8.58. The van der Waals surface area contributed by atoms with Crippen LogP contribution in [0.4, 0.5) is 0 Å². The normalized spacial score (nSPS) is 45.3. The van der Waals surface area contributed by atoms with Crippen molar-refractivity contribution in [3.63, 3.8) is 0 Å². The van der Waals surface area contributed by atoms with E-state index in [2.05, 4.69) is 54.5 Å². The molecule has 1 N–H and O–H groups in total. The third-order valence-corrected chi connectivity index (χ3v) is 14.5. The summed E-state index contributed by atoms with van der Waals surface area (Å²) in [5.74, 6) is 0.706. The highest BCUT2D eigenvalue weighted by Gasteiger charge is 2.70. The second-order valence-electron chi connectivity index (χ2n) is 17.0. The van der Waals surface area contributed by atoms with Crippen molar-refractivity contribution >= 4 is 17.8 Å². The van der Waals surface area contributed by atoms with Crippen LogP contribution in [-0.2, 0) is 14.3 Å². The molecule has 43 heavy (non-hydrogen) atoms. The molecule has 0 bridgehead atoms. The van der Waals surface area contributed by atoms with Gasteiger partial charge in [-0.05, 0) is 121 Å². The molecule has 1 unspecified atom stereocenters. The highest BCUT2D eigenvalue weighted by atomic mass is 16.5. The van der Waals surface area contributed by atoms with E-state index in [1.807, 2.05) is 42.5 Å². The third kappa shape index (κ3) is 4.47. The second-order valence-corrected chi connectivity index (χ2v) is 17.0. The maximum Gasteiger partial charge on any atom is 0.312 e. The number of aliphatic hydroxyl groups excluding tert-OH is 1. The van der Waals surface area contributed by atoms with Crippen LogP contribution in [0.5, 0.6) is 0 Å². The predicted molar refractivity (Wildman–Crippen MR) is 172 cm³/mol. The Hall–Kier alpha value is -2.20. The summed E-state index contributed by atoms with van der Waals surface area (Å²) in [7, 11) is 0. The summed E-state index contributed by atoms with van der Waals surface area (Å²) in [5.41, 5.74) is 1.45. The van der Waals surface area contributed by atoms with Gasteiger partial charge in [0, 0.05) is 5.92 Å². The van der Waals surface area contributed by atoms with Crippen LogP contribution < -0.4 is 0 Å². The molecule has 4 nitrogen and oxygen atoms in total. The quantitative estimate of drug-likeness (QED) is 0.359. The van der Waals surface area contributed by atoms with Gasteiger partial charge in [0.05, 0.1) is 11.5 Å². The average Bonchev–Trinajstić information content (AvgIpc) is 2.96. The number of ether oxygens (including phenoxy) is 1. The molecule has 4 heteroatoms. The Bertz CT molecular complexity index is 1340. The molecule has 4 saturated carbocycles. The number of esters is 1. The van der Waals surface area contributed by atoms with Crippen molar-refractivity contribution in [1.82, 2.24) is 0 Å². The summed E-state index contributed by atoms with van der Waals surface area (Å²) in [4.78, 5) is 28.1. The molecule has 234 valence electrons. The van der Waals surface area contributed by atoms with Crippen LogP contribution in [-0.4, -0.2) is 29.6 Å². The van der Waals surface area contributed by atoms with Crippen molar-refractivity contribution in [1.29, 1.82) is 0 Å². The largest absolute Gasteiger partial charge is 0.461 e. The van der Waals surface area contributed by atoms with Crippen LogP contribution >= 0.6 is 0 Å². The molecular weight excluding hydrogens is 532 g/mol. The van der Waals surface area contributed by atoms with Gasteiger partial charge < -0.3 is 9.84 Å². The number of carbonyl (C=O) groups excluding carboxylic acids is 2. The molecule has 0 heterocycles. The SMILES string of the molecule is CC1(C)C2CC[C@]3(C)[C@H](C(=O)C=C4[C@H]5C[C@@](C)(C(=O)OCC=Cc6ccccc6)CC[C@]5(C)CC[C@]43C)[C@@]2(C)CC[C@@H]1O. The lowest BCUT2D eigenvalue weighted by Crippen LogP contribution is -2.66. The van der Waals surface area contributed by atoms with Crippen LogP contribution in [0, 0.1) is 50.2 Å². The van der Waals surface area contributed by atoms with E-state index in [1.165, 1.54) is 5.57 Å². The Labute approximate surface area is 259 Å². The van der Waals surface area contributed by atoms with E-state index >= 15 is 0 Å². The molecule has 0 amide bonds. The molecule has 0 saturated heterocycles. The Morgan fingerprint density at radius 3 is 2.35 bits per heavy atom. The summed E-state index contributed by atoms with van der Waals surface area (Å²) >= 11 is 0. The Morgan fingerprint density at radius 2 is 1.63 bits per heavy atom. The summed E-state index contributed by atoms with van der Waals surface area (Å²) in [6.45, 7) is 16.5. The molecule has 9 atom stereocenters. The number of aliphatic hydroxyl groups is 1. The van der Waals surface area contributed by atoms with Crippen molar-refractivity contribution in [3.05, 3.63) is 53.6 Å². The highest BCUT2D eigenvalue weighted by molar-refractivity contribution is 5.95. The number of hydrogen-bond acceptors (Lipinski definition) is 4. The molecule has 0 aliphatic heterocycles. The standard InChI is InChI=1S/C39H54O4/c1-34(2)30-15-18-39(7)32(37(30,5)17-16-31(34)41)29(40)24-27-28-25-36(4,20-19-35(28,3)21-22-38(27,39)6)33(42)43-23-11-14-26-12-9-8-10-13-26/h8-14,24,28,30-32,41H,15-23,25H2,1-7H3/t28-,30?,31+,32-,35-,36+,37+,38-,39-/m1/s1. The van der Waals surface area contributed by atoms with Crippen LogP contribution in [0.25, 0.3) is 6.08 Å². The Balaban J connectivity index is 1.28. The minimum absolute atomic E-state index is 0.0278. The van der Waals surface area contributed by atoms with E-state index in [0.717, 1.165) is 63.4 Å². The van der Waals surface area contributed by atoms with Crippen LogP contribution in [0.15, 0.2) is 48.1 Å². The van der Waals surface area contributed by atoms with Gasteiger partial charge in [0.15, 0.2) is 5.78 Å². The van der Waals surface area contributed by atoms with Gasteiger partial charge in [-0.3, -0.25) is 9.59 Å². The molecule has 1 aromatic carbocycles. The van der Waals surface area contributed by atoms with E-state index in [9.17, 15) is 14.7 Å². The first-order chi connectivity index (χ1) is 20.1. The van der Waals surface area contributed by atoms with Crippen LogP contribution in [0.3, 0.4) is 0 Å². The zero-order chi connectivity index (χ0) is 31.1. The van der Waals surface area contributed by atoms with Gasteiger partial charge in [-0.25, -0.2) is 0 Å². The molecule has 5 aliphatic carbocycles. The molecule has 4 fully saturated rings. The number of benzene rings is 1. The fourth-order valence-corrected chi connectivity index (χ4v) is 11.4. The Morgan fingerprint density at radius 1 is 0.930 bits per heavy atom. The minimum Gasteiger partial charge on any atom is -0.461 e. The maximum atomic E-state index is 14.5. The van der Waals surface area contributed by atoms with Gasteiger partial charge in [0.2, 0.25) is 0 Å². The van der Waals surface area contributed by atoms with E-state index in [1.54, 1.807) is 0 Å².